The molecule has 0 bridgehead atoms. The van der Waals surface area contributed by atoms with E-state index in [1.54, 1.807) is 6.20 Å². The Labute approximate surface area is 176 Å². The highest BCUT2D eigenvalue weighted by atomic mass is 16.5. The number of hydrogen-bond donors (Lipinski definition) is 1. The van der Waals surface area contributed by atoms with Crippen molar-refractivity contribution < 1.29 is 19.1 Å². The molecule has 2 heterocycles. The molecule has 0 unspecified atom stereocenters. The molecule has 1 aromatic heterocycles. The maximum Gasteiger partial charge on any atom is 0.240 e. The fourth-order valence-corrected chi connectivity index (χ4v) is 3.98. The number of pyridine rings is 1. The van der Waals surface area contributed by atoms with Gasteiger partial charge in [-0.1, -0.05) is 30.3 Å². The van der Waals surface area contributed by atoms with Crippen molar-refractivity contribution in [3.8, 4) is 0 Å². The second-order valence-electron chi connectivity index (χ2n) is 7.51. The van der Waals surface area contributed by atoms with E-state index < -0.39 is 5.41 Å². The molecule has 158 valence electrons. The number of likely N-dealkylation sites (tertiary alicyclic amines) is 1. The zero-order valence-corrected chi connectivity index (χ0v) is 17.4. The lowest BCUT2D eigenvalue weighted by Gasteiger charge is -2.28. The Morgan fingerprint density at radius 3 is 2.67 bits per heavy atom. The molecule has 3 rings (SSSR count). The first kappa shape index (κ1) is 21.6. The largest absolute Gasteiger partial charge is 0.383 e. The minimum absolute atomic E-state index is 0.0198. The Morgan fingerprint density at radius 1 is 1.20 bits per heavy atom. The summed E-state index contributed by atoms with van der Waals surface area (Å²) in [5.74, 6) is -0.871. The van der Waals surface area contributed by atoms with E-state index in [4.69, 9.17) is 4.74 Å². The lowest BCUT2D eigenvalue weighted by molar-refractivity contribution is -0.141. The number of rotatable bonds is 9. The molecule has 0 spiro atoms. The number of benzene rings is 1. The minimum Gasteiger partial charge on any atom is -0.383 e. The molecule has 0 radical (unpaired) electrons. The van der Waals surface area contributed by atoms with Crippen LogP contribution in [0.4, 0.5) is 0 Å². The molecule has 2 aromatic rings. The Bertz CT molecular complexity index is 916. The molecule has 1 aliphatic rings. The van der Waals surface area contributed by atoms with Crippen molar-refractivity contribution in [1.82, 2.24) is 15.2 Å². The van der Waals surface area contributed by atoms with Gasteiger partial charge in [0.15, 0.2) is 0 Å². The number of amides is 3. The number of aromatic nitrogens is 1. The zero-order chi connectivity index (χ0) is 21.6. The van der Waals surface area contributed by atoms with Crippen molar-refractivity contribution in [2.24, 2.45) is 0 Å². The number of carbonyl (C=O) groups is 3. The van der Waals surface area contributed by atoms with Crippen LogP contribution in [0.25, 0.3) is 0 Å². The Morgan fingerprint density at radius 2 is 1.97 bits per heavy atom. The number of nitrogens with zero attached hydrogens (tertiary/aromatic N) is 2. The molecule has 1 atom stereocenters. The van der Waals surface area contributed by atoms with Gasteiger partial charge in [0, 0.05) is 44.8 Å². The number of methoxy groups -OCH3 is 1. The van der Waals surface area contributed by atoms with E-state index in [0.717, 1.165) is 16.8 Å². The lowest BCUT2D eigenvalue weighted by atomic mass is 9.74. The van der Waals surface area contributed by atoms with Crippen molar-refractivity contribution in [2.75, 3.05) is 26.8 Å². The third-order valence-corrected chi connectivity index (χ3v) is 5.48. The van der Waals surface area contributed by atoms with Crippen molar-refractivity contribution in [2.45, 2.75) is 31.6 Å². The van der Waals surface area contributed by atoms with Gasteiger partial charge in [0.1, 0.15) is 0 Å². The molecule has 1 aromatic carbocycles. The highest BCUT2D eigenvalue weighted by Gasteiger charge is 2.54. The fourth-order valence-electron chi connectivity index (χ4n) is 3.98. The molecule has 1 N–H and O–H groups in total. The van der Waals surface area contributed by atoms with Crippen LogP contribution in [0.3, 0.4) is 0 Å². The summed E-state index contributed by atoms with van der Waals surface area (Å²) in [5, 5.41) is 2.88. The number of nitrogens with one attached hydrogen (secondary N) is 1. The van der Waals surface area contributed by atoms with Gasteiger partial charge in [-0.15, -0.1) is 0 Å². The van der Waals surface area contributed by atoms with Crippen LogP contribution in [0.15, 0.2) is 48.7 Å². The van der Waals surface area contributed by atoms with Crippen LogP contribution in [0.5, 0.6) is 0 Å². The topological polar surface area (TPSA) is 88.6 Å². The molecule has 1 fully saturated rings. The molecule has 7 nitrogen and oxygen atoms in total. The van der Waals surface area contributed by atoms with E-state index >= 15 is 0 Å². The van der Waals surface area contributed by atoms with Gasteiger partial charge in [-0.3, -0.25) is 24.3 Å². The smallest absolute Gasteiger partial charge is 0.240 e. The molecule has 1 aliphatic heterocycles. The number of carbonyl (C=O) groups excluding carboxylic acids is 3. The number of hydrogen-bond acceptors (Lipinski definition) is 5. The van der Waals surface area contributed by atoms with E-state index in [-0.39, 0.29) is 43.7 Å². The summed E-state index contributed by atoms with van der Waals surface area (Å²) >= 11 is 0. The Hall–Kier alpha value is -3.06. The predicted molar refractivity (Wildman–Crippen MR) is 112 cm³/mol. The van der Waals surface area contributed by atoms with Gasteiger partial charge in [0.2, 0.25) is 17.7 Å². The second kappa shape index (κ2) is 9.63. The summed E-state index contributed by atoms with van der Waals surface area (Å²) < 4.78 is 5.04. The highest BCUT2D eigenvalue weighted by molar-refractivity contribution is 6.10. The summed E-state index contributed by atoms with van der Waals surface area (Å²) in [6.07, 6.45) is 2.21. The van der Waals surface area contributed by atoms with Crippen LogP contribution in [-0.4, -0.2) is 54.4 Å². The maximum absolute atomic E-state index is 13.4. The van der Waals surface area contributed by atoms with Crippen molar-refractivity contribution in [3.05, 3.63) is 65.5 Å². The summed E-state index contributed by atoms with van der Waals surface area (Å²) in [6, 6.07) is 13.1. The van der Waals surface area contributed by atoms with Crippen molar-refractivity contribution >= 4 is 17.7 Å². The van der Waals surface area contributed by atoms with Crippen LogP contribution < -0.4 is 5.32 Å². The van der Waals surface area contributed by atoms with Crippen LogP contribution in [0.1, 0.15) is 29.7 Å². The van der Waals surface area contributed by atoms with E-state index in [1.165, 1.54) is 12.0 Å². The third-order valence-electron chi connectivity index (χ3n) is 5.48. The first-order valence-corrected chi connectivity index (χ1v) is 10.0. The lowest BCUT2D eigenvalue weighted by Crippen LogP contribution is -2.43. The van der Waals surface area contributed by atoms with Crippen LogP contribution in [0, 0.1) is 6.92 Å². The standard InChI is InChI=1S/C23H27N3O4/c1-17-7-3-4-9-19(17)23(16-21(28)26(22(23)29)13-14-30-2)15-20(27)25-12-10-18-8-5-6-11-24-18/h3-9,11H,10,12-16H2,1-2H3,(H,25,27)/t23-/m1/s1. The van der Waals surface area contributed by atoms with E-state index in [1.807, 2.05) is 49.4 Å². The molecule has 0 aliphatic carbocycles. The van der Waals surface area contributed by atoms with Gasteiger partial charge in [-0.25, -0.2) is 0 Å². The molecule has 7 heteroatoms. The number of ether oxygens (including phenoxy) is 1. The molecule has 3 amide bonds. The Kier molecular flexibility index (Phi) is 6.95. The SMILES string of the molecule is COCCN1C(=O)C[C@](CC(=O)NCCc2ccccn2)(c2ccccc2C)C1=O. The molecular formula is C23H27N3O4. The summed E-state index contributed by atoms with van der Waals surface area (Å²) in [5.41, 5.74) is 1.30. The quantitative estimate of drug-likeness (QED) is 0.638. The molecule has 0 saturated carbocycles. The van der Waals surface area contributed by atoms with Gasteiger partial charge < -0.3 is 10.1 Å². The van der Waals surface area contributed by atoms with Crippen LogP contribution in [-0.2, 0) is 31.0 Å². The first-order chi connectivity index (χ1) is 14.5. The third kappa shape index (κ3) is 4.57. The van der Waals surface area contributed by atoms with Gasteiger partial charge in [0.05, 0.1) is 18.6 Å². The average Bonchev–Trinajstić information content (AvgIpc) is 2.97. The Balaban J connectivity index is 1.79. The van der Waals surface area contributed by atoms with Gasteiger partial charge >= 0.3 is 0 Å². The number of aryl methyl sites for hydroxylation is 1. The highest BCUT2D eigenvalue weighted by Crippen LogP contribution is 2.41. The van der Waals surface area contributed by atoms with Gasteiger partial charge in [-0.2, -0.15) is 0 Å². The van der Waals surface area contributed by atoms with Crippen LogP contribution >= 0.6 is 0 Å². The molecule has 30 heavy (non-hydrogen) atoms. The fraction of sp³-hybridized carbons (Fsp3) is 0.391. The first-order valence-electron chi connectivity index (χ1n) is 10.0. The summed E-state index contributed by atoms with van der Waals surface area (Å²) in [6.45, 7) is 2.75. The predicted octanol–water partition coefficient (Wildman–Crippen LogP) is 1.78. The summed E-state index contributed by atoms with van der Waals surface area (Å²) in [4.78, 5) is 44.3. The normalized spacial score (nSPS) is 18.7. The second-order valence-corrected chi connectivity index (χ2v) is 7.51. The van der Waals surface area contributed by atoms with Crippen molar-refractivity contribution in [1.29, 1.82) is 0 Å². The maximum atomic E-state index is 13.4. The van der Waals surface area contributed by atoms with E-state index in [9.17, 15) is 14.4 Å². The summed E-state index contributed by atoms with van der Waals surface area (Å²) in [7, 11) is 1.52. The number of imide groups is 1. The monoisotopic (exact) mass is 409 g/mol. The van der Waals surface area contributed by atoms with E-state index in [0.29, 0.717) is 13.0 Å². The van der Waals surface area contributed by atoms with Crippen molar-refractivity contribution in [3.63, 3.8) is 0 Å². The van der Waals surface area contributed by atoms with Gasteiger partial charge in [0.25, 0.3) is 0 Å². The zero-order valence-electron chi connectivity index (χ0n) is 17.4. The average molecular weight is 409 g/mol. The van der Waals surface area contributed by atoms with E-state index in [2.05, 4.69) is 10.3 Å². The molecule has 1 saturated heterocycles. The van der Waals surface area contributed by atoms with Gasteiger partial charge in [-0.05, 0) is 30.2 Å². The van der Waals surface area contributed by atoms with Crippen LogP contribution in [0.2, 0.25) is 0 Å². The minimum atomic E-state index is -1.19. The molecular weight excluding hydrogens is 382 g/mol.